The SMILES string of the molecule is COC(=O)[C@H](Cc1ccccc1)NC(=O)[C@@H](Cc1ccc(O)cc1)NC(=O)OCc1ccccc1. The molecule has 0 bridgehead atoms. The molecule has 0 spiro atoms. The van der Waals surface area contributed by atoms with Crippen LogP contribution in [0.4, 0.5) is 4.79 Å². The third-order valence-corrected chi connectivity index (χ3v) is 5.28. The van der Waals surface area contributed by atoms with Gasteiger partial charge in [0.2, 0.25) is 5.91 Å². The summed E-state index contributed by atoms with van der Waals surface area (Å²) in [6.45, 7) is 0.0407. The number of hydrogen-bond acceptors (Lipinski definition) is 6. The summed E-state index contributed by atoms with van der Waals surface area (Å²) >= 11 is 0. The predicted molar refractivity (Wildman–Crippen MR) is 129 cm³/mol. The third kappa shape index (κ3) is 8.19. The molecule has 182 valence electrons. The van der Waals surface area contributed by atoms with E-state index in [0.29, 0.717) is 5.56 Å². The fraction of sp³-hybridized carbons (Fsp3) is 0.222. The van der Waals surface area contributed by atoms with Gasteiger partial charge in [0, 0.05) is 12.8 Å². The van der Waals surface area contributed by atoms with Crippen LogP contribution >= 0.6 is 0 Å². The van der Waals surface area contributed by atoms with Gasteiger partial charge in [-0.2, -0.15) is 0 Å². The molecule has 2 atom stereocenters. The summed E-state index contributed by atoms with van der Waals surface area (Å²) in [5.41, 5.74) is 2.34. The fourth-order valence-corrected chi connectivity index (χ4v) is 3.44. The Morgan fingerprint density at radius 1 is 0.743 bits per heavy atom. The highest BCUT2D eigenvalue weighted by Crippen LogP contribution is 2.12. The summed E-state index contributed by atoms with van der Waals surface area (Å²) in [7, 11) is 1.25. The summed E-state index contributed by atoms with van der Waals surface area (Å²) in [4.78, 5) is 38.1. The summed E-state index contributed by atoms with van der Waals surface area (Å²) in [6.07, 6.45) is -0.430. The highest BCUT2D eigenvalue weighted by molar-refractivity contribution is 5.90. The molecule has 8 heteroatoms. The number of aromatic hydroxyl groups is 1. The zero-order valence-electron chi connectivity index (χ0n) is 19.3. The highest BCUT2D eigenvalue weighted by Gasteiger charge is 2.28. The van der Waals surface area contributed by atoms with Crippen molar-refractivity contribution in [1.82, 2.24) is 10.6 Å². The molecular formula is C27H28N2O6. The quantitative estimate of drug-likeness (QED) is 0.388. The first kappa shape index (κ1) is 25.3. The van der Waals surface area contributed by atoms with Crippen LogP contribution in [0.2, 0.25) is 0 Å². The Balaban J connectivity index is 1.72. The van der Waals surface area contributed by atoms with Crippen molar-refractivity contribution in [2.75, 3.05) is 7.11 Å². The lowest BCUT2D eigenvalue weighted by molar-refractivity contribution is -0.145. The first-order chi connectivity index (χ1) is 16.9. The number of benzene rings is 3. The molecule has 0 radical (unpaired) electrons. The van der Waals surface area contributed by atoms with Crippen molar-refractivity contribution in [2.24, 2.45) is 0 Å². The molecule has 3 rings (SSSR count). The van der Waals surface area contributed by atoms with Gasteiger partial charge in [-0.1, -0.05) is 72.8 Å². The molecule has 35 heavy (non-hydrogen) atoms. The van der Waals surface area contributed by atoms with Crippen LogP contribution < -0.4 is 10.6 Å². The summed E-state index contributed by atoms with van der Waals surface area (Å²) in [5, 5.41) is 14.8. The van der Waals surface area contributed by atoms with E-state index in [0.717, 1.165) is 11.1 Å². The molecule has 3 aromatic rings. The molecule has 2 amide bonds. The second-order valence-corrected chi connectivity index (χ2v) is 7.90. The minimum atomic E-state index is -1.04. The number of esters is 1. The lowest BCUT2D eigenvalue weighted by Gasteiger charge is -2.22. The zero-order valence-corrected chi connectivity index (χ0v) is 19.3. The van der Waals surface area contributed by atoms with Gasteiger partial charge in [-0.15, -0.1) is 0 Å². The van der Waals surface area contributed by atoms with Crippen LogP contribution in [-0.2, 0) is 38.5 Å². The summed E-state index contributed by atoms with van der Waals surface area (Å²) < 4.78 is 10.1. The van der Waals surface area contributed by atoms with E-state index in [1.54, 1.807) is 12.1 Å². The number of methoxy groups -OCH3 is 1. The number of ether oxygens (including phenoxy) is 2. The van der Waals surface area contributed by atoms with E-state index in [1.165, 1.54) is 19.2 Å². The van der Waals surface area contributed by atoms with Crippen molar-refractivity contribution in [3.63, 3.8) is 0 Å². The minimum Gasteiger partial charge on any atom is -0.508 e. The Labute approximate surface area is 203 Å². The number of alkyl carbamates (subject to hydrolysis) is 1. The molecule has 3 aromatic carbocycles. The van der Waals surface area contributed by atoms with Gasteiger partial charge in [0.25, 0.3) is 0 Å². The molecule has 0 aliphatic carbocycles. The van der Waals surface area contributed by atoms with Crippen molar-refractivity contribution >= 4 is 18.0 Å². The maximum Gasteiger partial charge on any atom is 0.408 e. The predicted octanol–water partition coefficient (Wildman–Crippen LogP) is 3.13. The van der Waals surface area contributed by atoms with E-state index >= 15 is 0 Å². The van der Waals surface area contributed by atoms with Crippen molar-refractivity contribution < 1.29 is 29.0 Å². The molecule has 0 saturated carbocycles. The second-order valence-electron chi connectivity index (χ2n) is 7.90. The monoisotopic (exact) mass is 476 g/mol. The molecule has 8 nitrogen and oxygen atoms in total. The van der Waals surface area contributed by atoms with Crippen LogP contribution in [0, 0.1) is 0 Å². The van der Waals surface area contributed by atoms with Crippen LogP contribution in [0.15, 0.2) is 84.9 Å². The number of hydrogen-bond donors (Lipinski definition) is 3. The van der Waals surface area contributed by atoms with Gasteiger partial charge >= 0.3 is 12.1 Å². The van der Waals surface area contributed by atoms with Crippen molar-refractivity contribution in [1.29, 1.82) is 0 Å². The fourth-order valence-electron chi connectivity index (χ4n) is 3.44. The van der Waals surface area contributed by atoms with E-state index in [4.69, 9.17) is 9.47 Å². The number of carbonyl (C=O) groups excluding carboxylic acids is 3. The first-order valence-corrected chi connectivity index (χ1v) is 11.1. The van der Waals surface area contributed by atoms with Gasteiger partial charge in [-0.05, 0) is 28.8 Å². The zero-order chi connectivity index (χ0) is 25.0. The smallest absolute Gasteiger partial charge is 0.408 e. The van der Waals surface area contributed by atoms with Crippen LogP contribution in [0.5, 0.6) is 5.75 Å². The molecule has 0 unspecified atom stereocenters. The lowest BCUT2D eigenvalue weighted by atomic mass is 10.0. The summed E-state index contributed by atoms with van der Waals surface area (Å²) in [6, 6.07) is 22.7. The van der Waals surface area contributed by atoms with Crippen molar-refractivity contribution in [3.8, 4) is 5.75 Å². The Morgan fingerprint density at radius 2 is 1.29 bits per heavy atom. The summed E-state index contributed by atoms with van der Waals surface area (Å²) in [5.74, 6) is -1.09. The minimum absolute atomic E-state index is 0.0407. The number of rotatable bonds is 10. The van der Waals surface area contributed by atoms with Gasteiger partial charge in [-0.25, -0.2) is 9.59 Å². The topological polar surface area (TPSA) is 114 Å². The third-order valence-electron chi connectivity index (χ3n) is 5.28. The van der Waals surface area contributed by atoms with Crippen molar-refractivity contribution in [3.05, 3.63) is 102 Å². The average molecular weight is 477 g/mol. The van der Waals surface area contributed by atoms with Crippen LogP contribution in [-0.4, -0.2) is 42.3 Å². The van der Waals surface area contributed by atoms with E-state index in [2.05, 4.69) is 10.6 Å². The number of phenols is 1. The van der Waals surface area contributed by atoms with E-state index in [-0.39, 0.29) is 25.2 Å². The largest absolute Gasteiger partial charge is 0.508 e. The van der Waals surface area contributed by atoms with E-state index < -0.39 is 30.1 Å². The van der Waals surface area contributed by atoms with Crippen LogP contribution in [0.3, 0.4) is 0 Å². The Bertz CT molecular complexity index is 1100. The first-order valence-electron chi connectivity index (χ1n) is 11.1. The normalized spacial score (nSPS) is 12.1. The Kier molecular flexibility index (Phi) is 9.24. The van der Waals surface area contributed by atoms with E-state index in [9.17, 15) is 19.5 Å². The maximum atomic E-state index is 13.2. The highest BCUT2D eigenvalue weighted by atomic mass is 16.5. The van der Waals surface area contributed by atoms with Crippen LogP contribution in [0.1, 0.15) is 16.7 Å². The molecule has 0 aliphatic rings. The number of nitrogens with one attached hydrogen (secondary N) is 2. The number of amides is 2. The molecule has 0 aromatic heterocycles. The standard InChI is InChI=1S/C27H28N2O6/c1-34-26(32)24(17-19-8-4-2-5-9-19)28-25(31)23(16-20-12-14-22(30)15-13-20)29-27(33)35-18-21-10-6-3-7-11-21/h2-15,23-24,30H,16-18H2,1H3,(H,28,31)(H,29,33)/t23-,24+/m1/s1. The molecule has 0 fully saturated rings. The average Bonchev–Trinajstić information content (AvgIpc) is 2.88. The lowest BCUT2D eigenvalue weighted by Crippen LogP contribution is -2.53. The van der Waals surface area contributed by atoms with Gasteiger partial charge < -0.3 is 25.2 Å². The Morgan fingerprint density at radius 3 is 1.89 bits per heavy atom. The number of phenolic OH excluding ortho intramolecular Hbond substituents is 1. The molecule has 0 heterocycles. The molecule has 3 N–H and O–H groups in total. The molecule has 0 aliphatic heterocycles. The van der Waals surface area contributed by atoms with Gasteiger partial charge in [-0.3, -0.25) is 4.79 Å². The van der Waals surface area contributed by atoms with E-state index in [1.807, 2.05) is 60.7 Å². The second kappa shape index (κ2) is 12.8. The van der Waals surface area contributed by atoms with Gasteiger partial charge in [0.15, 0.2) is 0 Å². The molecule has 0 saturated heterocycles. The Hall–Kier alpha value is -4.33. The van der Waals surface area contributed by atoms with Crippen LogP contribution in [0.25, 0.3) is 0 Å². The number of carbonyl (C=O) groups is 3. The van der Waals surface area contributed by atoms with Gasteiger partial charge in [0.05, 0.1) is 7.11 Å². The maximum absolute atomic E-state index is 13.2. The molecular weight excluding hydrogens is 448 g/mol. The van der Waals surface area contributed by atoms with Crippen molar-refractivity contribution in [2.45, 2.75) is 31.5 Å². The van der Waals surface area contributed by atoms with Gasteiger partial charge in [0.1, 0.15) is 24.4 Å².